The highest BCUT2D eigenvalue weighted by Crippen LogP contribution is 2.26. The third-order valence-corrected chi connectivity index (χ3v) is 4.60. The summed E-state index contributed by atoms with van der Waals surface area (Å²) in [5.41, 5.74) is 0.312. The average molecular weight is 377 g/mol. The van der Waals surface area contributed by atoms with Crippen LogP contribution in [0.4, 0.5) is 10.1 Å². The molecule has 0 aliphatic carbocycles. The Balaban J connectivity index is 1.98. The van der Waals surface area contributed by atoms with Crippen LogP contribution in [0.5, 0.6) is 5.75 Å². The summed E-state index contributed by atoms with van der Waals surface area (Å²) < 4.78 is 19.4. The van der Waals surface area contributed by atoms with Crippen LogP contribution < -0.4 is 9.64 Å². The van der Waals surface area contributed by atoms with Crippen molar-refractivity contribution in [2.75, 3.05) is 25.2 Å². The second-order valence-corrected chi connectivity index (χ2v) is 6.34. The largest absolute Gasteiger partial charge is 0.497 e. The number of carbonyl (C=O) groups excluding carboxylic acids is 2. The van der Waals surface area contributed by atoms with Crippen LogP contribution in [0.25, 0.3) is 0 Å². The Hall–Kier alpha value is -2.60. The fourth-order valence-corrected chi connectivity index (χ4v) is 3.13. The Morgan fingerprint density at radius 3 is 2.58 bits per heavy atom. The highest BCUT2D eigenvalue weighted by molar-refractivity contribution is 6.34. The fourth-order valence-electron chi connectivity index (χ4n) is 2.89. The van der Waals surface area contributed by atoms with Gasteiger partial charge < -0.3 is 9.64 Å². The van der Waals surface area contributed by atoms with Gasteiger partial charge in [-0.2, -0.15) is 0 Å². The van der Waals surface area contributed by atoms with E-state index in [0.29, 0.717) is 24.4 Å². The number of amides is 2. The van der Waals surface area contributed by atoms with Gasteiger partial charge in [0.25, 0.3) is 5.91 Å². The zero-order valence-electron chi connectivity index (χ0n) is 14.2. The van der Waals surface area contributed by atoms with Crippen LogP contribution in [0.1, 0.15) is 23.2 Å². The highest BCUT2D eigenvalue weighted by atomic mass is 35.5. The molecule has 1 fully saturated rings. The quantitative estimate of drug-likeness (QED) is 0.799. The number of likely N-dealkylation sites (tertiary alicyclic amines) is 1. The van der Waals surface area contributed by atoms with Gasteiger partial charge in [-0.05, 0) is 42.8 Å². The standard InChI is InChI=1S/C19H18ClFN2O3/c1-26-14-9-7-13(8-10-14)23(12-22-11-3-6-17(22)24)19(25)18-15(20)4-2-5-16(18)21/h2,4-5,7-10H,3,6,11-12H2,1H3. The zero-order valence-corrected chi connectivity index (χ0v) is 15.0. The molecular weight excluding hydrogens is 359 g/mol. The minimum absolute atomic E-state index is 0.0289. The van der Waals surface area contributed by atoms with Gasteiger partial charge in [-0.15, -0.1) is 0 Å². The van der Waals surface area contributed by atoms with Gasteiger partial charge in [0.15, 0.2) is 0 Å². The van der Waals surface area contributed by atoms with Crippen molar-refractivity contribution in [3.05, 3.63) is 58.9 Å². The summed E-state index contributed by atoms with van der Waals surface area (Å²) in [5, 5.41) is 0.0289. The molecule has 1 heterocycles. The molecule has 5 nitrogen and oxygen atoms in total. The Labute approximate surface area is 155 Å². The molecule has 0 radical (unpaired) electrons. The minimum Gasteiger partial charge on any atom is -0.497 e. The summed E-state index contributed by atoms with van der Waals surface area (Å²) in [7, 11) is 1.54. The molecule has 136 valence electrons. The SMILES string of the molecule is COc1ccc(N(CN2CCCC2=O)C(=O)c2c(F)cccc2Cl)cc1. The summed E-state index contributed by atoms with van der Waals surface area (Å²) in [5.74, 6) is -0.704. The second-order valence-electron chi connectivity index (χ2n) is 5.93. The second kappa shape index (κ2) is 7.74. The van der Waals surface area contributed by atoms with Crippen LogP contribution in [-0.4, -0.2) is 37.0 Å². The number of hydrogen-bond donors (Lipinski definition) is 0. The van der Waals surface area contributed by atoms with Crippen LogP contribution in [0.3, 0.4) is 0 Å². The molecule has 2 aromatic carbocycles. The van der Waals surface area contributed by atoms with Gasteiger partial charge in [0, 0.05) is 18.7 Å². The van der Waals surface area contributed by atoms with Crippen molar-refractivity contribution in [2.45, 2.75) is 12.8 Å². The van der Waals surface area contributed by atoms with Crippen LogP contribution in [0.2, 0.25) is 5.02 Å². The van der Waals surface area contributed by atoms with E-state index in [1.54, 1.807) is 36.3 Å². The molecule has 0 spiro atoms. The molecule has 0 N–H and O–H groups in total. The number of ether oxygens (including phenoxy) is 1. The molecular formula is C19H18ClFN2O3. The Morgan fingerprint density at radius 1 is 1.27 bits per heavy atom. The van der Waals surface area contributed by atoms with E-state index in [1.807, 2.05) is 0 Å². The minimum atomic E-state index is -0.700. The maximum atomic E-state index is 14.3. The Kier molecular flexibility index (Phi) is 5.42. The van der Waals surface area contributed by atoms with Crippen molar-refractivity contribution in [1.82, 2.24) is 4.90 Å². The number of methoxy groups -OCH3 is 1. The topological polar surface area (TPSA) is 49.9 Å². The lowest BCUT2D eigenvalue weighted by Gasteiger charge is -2.28. The number of nitrogens with zero attached hydrogens (tertiary/aromatic N) is 2. The Bertz CT molecular complexity index is 806. The average Bonchev–Trinajstić information content (AvgIpc) is 3.04. The van der Waals surface area contributed by atoms with E-state index >= 15 is 0 Å². The van der Waals surface area contributed by atoms with Crippen molar-refractivity contribution in [3.8, 4) is 5.75 Å². The van der Waals surface area contributed by atoms with E-state index in [1.165, 1.54) is 23.1 Å². The third kappa shape index (κ3) is 3.65. The van der Waals surface area contributed by atoms with E-state index in [4.69, 9.17) is 16.3 Å². The summed E-state index contributed by atoms with van der Waals surface area (Å²) >= 11 is 6.06. The molecule has 26 heavy (non-hydrogen) atoms. The first-order valence-electron chi connectivity index (χ1n) is 8.19. The first-order valence-corrected chi connectivity index (χ1v) is 8.56. The molecule has 0 bridgehead atoms. The third-order valence-electron chi connectivity index (χ3n) is 4.29. The van der Waals surface area contributed by atoms with E-state index in [2.05, 4.69) is 0 Å². The number of halogens is 2. The lowest BCUT2D eigenvalue weighted by Crippen LogP contribution is -2.42. The normalized spacial score (nSPS) is 13.8. The molecule has 3 rings (SSSR count). The molecule has 2 amide bonds. The first kappa shape index (κ1) is 18.2. The maximum absolute atomic E-state index is 14.3. The van der Waals surface area contributed by atoms with Crippen LogP contribution >= 0.6 is 11.6 Å². The van der Waals surface area contributed by atoms with Crippen LogP contribution in [0, 0.1) is 5.82 Å². The molecule has 2 aromatic rings. The first-order chi connectivity index (χ1) is 12.5. The van der Waals surface area contributed by atoms with Crippen molar-refractivity contribution >= 4 is 29.1 Å². The molecule has 1 saturated heterocycles. The summed E-state index contributed by atoms with van der Waals surface area (Å²) in [6.45, 7) is 0.596. The molecule has 0 saturated carbocycles. The summed E-state index contributed by atoms with van der Waals surface area (Å²) in [6.07, 6.45) is 1.19. The molecule has 0 unspecified atom stereocenters. The van der Waals surface area contributed by atoms with Gasteiger partial charge in [0.2, 0.25) is 5.91 Å². The van der Waals surface area contributed by atoms with Crippen LogP contribution in [-0.2, 0) is 4.79 Å². The Morgan fingerprint density at radius 2 is 2.00 bits per heavy atom. The van der Waals surface area contributed by atoms with E-state index in [9.17, 15) is 14.0 Å². The van der Waals surface area contributed by atoms with Gasteiger partial charge in [0.05, 0.1) is 17.7 Å². The number of anilines is 1. The monoisotopic (exact) mass is 376 g/mol. The van der Waals surface area contributed by atoms with E-state index in [0.717, 1.165) is 6.42 Å². The molecule has 0 aromatic heterocycles. The van der Waals surface area contributed by atoms with Gasteiger partial charge >= 0.3 is 0 Å². The predicted octanol–water partition coefficient (Wildman–Crippen LogP) is 3.71. The number of benzene rings is 2. The smallest absolute Gasteiger partial charge is 0.264 e. The number of rotatable bonds is 5. The van der Waals surface area contributed by atoms with Crippen molar-refractivity contribution in [2.24, 2.45) is 0 Å². The van der Waals surface area contributed by atoms with Crippen molar-refractivity contribution < 1.29 is 18.7 Å². The molecule has 1 aliphatic heterocycles. The van der Waals surface area contributed by atoms with Crippen molar-refractivity contribution in [1.29, 1.82) is 0 Å². The molecule has 7 heteroatoms. The molecule has 0 atom stereocenters. The summed E-state index contributed by atoms with van der Waals surface area (Å²) in [6, 6.07) is 10.9. The van der Waals surface area contributed by atoms with Crippen LogP contribution in [0.15, 0.2) is 42.5 Å². The van der Waals surface area contributed by atoms with Gasteiger partial charge in [-0.1, -0.05) is 17.7 Å². The number of carbonyl (C=O) groups is 2. The predicted molar refractivity (Wildman–Crippen MR) is 97.0 cm³/mol. The van der Waals surface area contributed by atoms with Gasteiger partial charge in [0.1, 0.15) is 18.2 Å². The van der Waals surface area contributed by atoms with Gasteiger partial charge in [-0.3, -0.25) is 14.5 Å². The lowest BCUT2D eigenvalue weighted by molar-refractivity contribution is -0.127. The van der Waals surface area contributed by atoms with E-state index < -0.39 is 11.7 Å². The van der Waals surface area contributed by atoms with Crippen molar-refractivity contribution in [3.63, 3.8) is 0 Å². The summed E-state index contributed by atoms with van der Waals surface area (Å²) in [4.78, 5) is 28.0. The van der Waals surface area contributed by atoms with Gasteiger partial charge in [-0.25, -0.2) is 4.39 Å². The maximum Gasteiger partial charge on any atom is 0.264 e. The fraction of sp³-hybridized carbons (Fsp3) is 0.263. The number of hydrogen-bond acceptors (Lipinski definition) is 3. The van der Waals surface area contributed by atoms with E-state index in [-0.39, 0.29) is 23.2 Å². The molecule has 1 aliphatic rings. The zero-order chi connectivity index (χ0) is 18.7. The lowest BCUT2D eigenvalue weighted by atomic mass is 10.1. The highest BCUT2D eigenvalue weighted by Gasteiger charge is 2.28.